The van der Waals surface area contributed by atoms with E-state index in [0.29, 0.717) is 18.9 Å². The van der Waals surface area contributed by atoms with Gasteiger partial charge in [-0.05, 0) is 47.9 Å². The quantitative estimate of drug-likeness (QED) is 0.706. The summed E-state index contributed by atoms with van der Waals surface area (Å²) in [7, 11) is 4.01. The number of carbonyl (C=O) groups excluding carboxylic acids is 2. The number of hydrogen-bond donors (Lipinski definition) is 1. The van der Waals surface area contributed by atoms with Crippen LogP contribution in [0.4, 0.5) is 11.4 Å². The van der Waals surface area contributed by atoms with Gasteiger partial charge in [0.2, 0.25) is 11.8 Å². The molecule has 0 heterocycles. The Hall–Kier alpha value is -2.04. The Kier molecular flexibility index (Phi) is 7.02. The SMILES string of the molecule is CN(C)c1ccc(NC(=O)CC(C)(C)C)cc1CN(CC1CC1)C(=O)C(C)(C)C. The van der Waals surface area contributed by atoms with Gasteiger partial charge in [0, 0.05) is 50.4 Å². The average molecular weight is 402 g/mol. The van der Waals surface area contributed by atoms with Crippen molar-refractivity contribution in [3.63, 3.8) is 0 Å². The second-order valence-electron chi connectivity index (χ2n) is 10.9. The Morgan fingerprint density at radius 3 is 2.17 bits per heavy atom. The van der Waals surface area contributed by atoms with Gasteiger partial charge < -0.3 is 15.1 Å². The molecule has 1 aromatic rings. The fourth-order valence-electron chi connectivity index (χ4n) is 3.42. The Balaban J connectivity index is 2.27. The predicted molar refractivity (Wildman–Crippen MR) is 121 cm³/mol. The molecule has 0 aromatic heterocycles. The van der Waals surface area contributed by atoms with E-state index >= 15 is 0 Å². The van der Waals surface area contributed by atoms with E-state index < -0.39 is 5.41 Å². The number of amides is 2. The molecule has 1 aliphatic carbocycles. The lowest BCUT2D eigenvalue weighted by molar-refractivity contribution is -0.140. The fourth-order valence-corrected chi connectivity index (χ4v) is 3.42. The third kappa shape index (κ3) is 7.37. The second-order valence-corrected chi connectivity index (χ2v) is 10.9. The highest BCUT2D eigenvalue weighted by atomic mass is 16.2. The summed E-state index contributed by atoms with van der Waals surface area (Å²) in [4.78, 5) is 29.5. The minimum atomic E-state index is -0.411. The molecule has 1 N–H and O–H groups in total. The molecular weight excluding hydrogens is 362 g/mol. The van der Waals surface area contributed by atoms with Crippen molar-refractivity contribution >= 4 is 23.2 Å². The summed E-state index contributed by atoms with van der Waals surface area (Å²) in [6.45, 7) is 13.5. The number of nitrogens with one attached hydrogen (secondary N) is 1. The highest BCUT2D eigenvalue weighted by Crippen LogP contribution is 2.33. The van der Waals surface area contributed by atoms with E-state index in [1.165, 1.54) is 12.8 Å². The number of hydrogen-bond acceptors (Lipinski definition) is 3. The van der Waals surface area contributed by atoms with Crippen molar-refractivity contribution in [1.29, 1.82) is 0 Å². The van der Waals surface area contributed by atoms with Gasteiger partial charge in [0.1, 0.15) is 0 Å². The molecule has 5 heteroatoms. The minimum absolute atomic E-state index is 0.0154. The molecular formula is C24H39N3O2. The molecule has 1 aliphatic rings. The lowest BCUT2D eigenvalue weighted by Crippen LogP contribution is -2.40. The zero-order valence-electron chi connectivity index (χ0n) is 19.6. The topological polar surface area (TPSA) is 52.7 Å². The second kappa shape index (κ2) is 8.76. The van der Waals surface area contributed by atoms with Crippen LogP contribution in [0.1, 0.15) is 66.4 Å². The van der Waals surface area contributed by atoms with E-state index in [-0.39, 0.29) is 17.2 Å². The molecule has 162 valence electrons. The fraction of sp³-hybridized carbons (Fsp3) is 0.667. The lowest BCUT2D eigenvalue weighted by atomic mass is 9.92. The van der Waals surface area contributed by atoms with Crippen LogP contribution in [0.15, 0.2) is 18.2 Å². The molecule has 0 atom stereocenters. The van der Waals surface area contributed by atoms with Crippen molar-refractivity contribution in [1.82, 2.24) is 4.90 Å². The van der Waals surface area contributed by atoms with E-state index in [1.54, 1.807) is 0 Å². The summed E-state index contributed by atoms with van der Waals surface area (Å²) in [6.07, 6.45) is 2.88. The van der Waals surface area contributed by atoms with E-state index in [0.717, 1.165) is 23.5 Å². The van der Waals surface area contributed by atoms with Crippen molar-refractivity contribution in [2.75, 3.05) is 30.9 Å². The normalized spacial score (nSPS) is 14.5. The third-order valence-electron chi connectivity index (χ3n) is 5.00. The molecule has 5 nitrogen and oxygen atoms in total. The van der Waals surface area contributed by atoms with Crippen LogP contribution in [0.3, 0.4) is 0 Å². The van der Waals surface area contributed by atoms with E-state index in [4.69, 9.17) is 0 Å². The Morgan fingerprint density at radius 2 is 1.69 bits per heavy atom. The summed E-state index contributed by atoms with van der Waals surface area (Å²) >= 11 is 0. The van der Waals surface area contributed by atoms with Crippen LogP contribution >= 0.6 is 0 Å². The van der Waals surface area contributed by atoms with E-state index in [1.807, 2.05) is 58.0 Å². The van der Waals surface area contributed by atoms with Gasteiger partial charge in [-0.3, -0.25) is 9.59 Å². The predicted octanol–water partition coefficient (Wildman–Crippen LogP) is 4.91. The summed E-state index contributed by atoms with van der Waals surface area (Å²) in [5, 5.41) is 3.03. The summed E-state index contributed by atoms with van der Waals surface area (Å²) in [5.41, 5.74) is 2.44. The molecule has 0 unspecified atom stereocenters. The van der Waals surface area contributed by atoms with Crippen molar-refractivity contribution in [2.45, 2.75) is 67.3 Å². The van der Waals surface area contributed by atoms with Crippen LogP contribution in [-0.4, -0.2) is 37.4 Å². The first kappa shape index (κ1) is 23.2. The Labute approximate surface area is 176 Å². The van der Waals surface area contributed by atoms with E-state index in [2.05, 4.69) is 31.0 Å². The molecule has 2 rings (SSSR count). The van der Waals surface area contributed by atoms with Crippen LogP contribution < -0.4 is 10.2 Å². The number of rotatable bonds is 7. The minimum Gasteiger partial charge on any atom is -0.377 e. The largest absolute Gasteiger partial charge is 0.377 e. The van der Waals surface area contributed by atoms with Gasteiger partial charge in [-0.2, -0.15) is 0 Å². The van der Waals surface area contributed by atoms with Gasteiger partial charge in [0.15, 0.2) is 0 Å². The molecule has 0 spiro atoms. The van der Waals surface area contributed by atoms with Crippen LogP contribution in [0.25, 0.3) is 0 Å². The van der Waals surface area contributed by atoms with Crippen molar-refractivity contribution in [3.8, 4) is 0 Å². The van der Waals surface area contributed by atoms with Crippen molar-refractivity contribution < 1.29 is 9.59 Å². The highest BCUT2D eigenvalue weighted by molar-refractivity contribution is 5.91. The van der Waals surface area contributed by atoms with Crippen molar-refractivity contribution in [3.05, 3.63) is 23.8 Å². The Bertz CT molecular complexity index is 737. The van der Waals surface area contributed by atoms with Crippen molar-refractivity contribution in [2.24, 2.45) is 16.7 Å². The molecule has 0 aliphatic heterocycles. The number of nitrogens with zero attached hydrogens (tertiary/aromatic N) is 2. The van der Waals surface area contributed by atoms with Gasteiger partial charge in [-0.1, -0.05) is 41.5 Å². The first-order valence-electron chi connectivity index (χ1n) is 10.7. The Morgan fingerprint density at radius 1 is 1.07 bits per heavy atom. The molecule has 0 bridgehead atoms. The molecule has 2 amide bonds. The zero-order valence-corrected chi connectivity index (χ0v) is 19.6. The molecule has 1 aromatic carbocycles. The van der Waals surface area contributed by atoms with Crippen LogP contribution in [0.2, 0.25) is 0 Å². The summed E-state index contributed by atoms with van der Waals surface area (Å²) < 4.78 is 0. The standard InChI is InChI=1S/C24H39N3O2/c1-23(2,3)14-21(28)25-19-11-12-20(26(7)8)18(13-19)16-27(15-17-9-10-17)22(29)24(4,5)6/h11-13,17H,9-10,14-16H2,1-8H3,(H,25,28). The molecule has 29 heavy (non-hydrogen) atoms. The third-order valence-corrected chi connectivity index (χ3v) is 5.00. The van der Waals surface area contributed by atoms with Crippen LogP contribution in [0.5, 0.6) is 0 Å². The maximum absolute atomic E-state index is 13.1. The molecule has 1 fully saturated rings. The summed E-state index contributed by atoms with van der Waals surface area (Å²) in [6, 6.07) is 5.99. The number of carbonyl (C=O) groups is 2. The smallest absolute Gasteiger partial charge is 0.228 e. The zero-order chi connectivity index (χ0) is 22.0. The van der Waals surface area contributed by atoms with Gasteiger partial charge >= 0.3 is 0 Å². The maximum atomic E-state index is 13.1. The van der Waals surface area contributed by atoms with Crippen LogP contribution in [0, 0.1) is 16.7 Å². The first-order chi connectivity index (χ1) is 13.3. The molecule has 1 saturated carbocycles. The van der Waals surface area contributed by atoms with Gasteiger partial charge in [0.25, 0.3) is 0 Å². The monoisotopic (exact) mass is 401 g/mol. The van der Waals surface area contributed by atoms with Gasteiger partial charge in [0.05, 0.1) is 0 Å². The van der Waals surface area contributed by atoms with Gasteiger partial charge in [-0.15, -0.1) is 0 Å². The number of benzene rings is 1. The van der Waals surface area contributed by atoms with E-state index in [9.17, 15) is 9.59 Å². The van der Waals surface area contributed by atoms with Crippen LogP contribution in [-0.2, 0) is 16.1 Å². The molecule has 0 saturated heterocycles. The summed E-state index contributed by atoms with van der Waals surface area (Å²) in [5.74, 6) is 0.816. The highest BCUT2D eigenvalue weighted by Gasteiger charge is 2.32. The molecule has 0 radical (unpaired) electrons. The van der Waals surface area contributed by atoms with Gasteiger partial charge in [-0.25, -0.2) is 0 Å². The average Bonchev–Trinajstić information content (AvgIpc) is 3.34. The lowest BCUT2D eigenvalue weighted by Gasteiger charge is -2.31. The first-order valence-corrected chi connectivity index (χ1v) is 10.7. The maximum Gasteiger partial charge on any atom is 0.228 e. The number of anilines is 2.